The predicted molar refractivity (Wildman–Crippen MR) is 66.9 cm³/mol. The molecule has 0 radical (unpaired) electrons. The van der Waals surface area contributed by atoms with Gasteiger partial charge in [-0.3, -0.25) is 4.68 Å². The number of aromatic nitrogens is 2. The summed E-state index contributed by atoms with van der Waals surface area (Å²) >= 11 is 3.61. The van der Waals surface area contributed by atoms with Crippen molar-refractivity contribution >= 4 is 15.9 Å². The first-order valence-electron chi connectivity index (χ1n) is 5.30. The molecule has 0 spiro atoms. The third kappa shape index (κ3) is 3.31. The molecule has 0 fully saturated rings. The Bertz CT molecular complexity index is 336. The first-order valence-corrected chi connectivity index (χ1v) is 6.09. The third-order valence-electron chi connectivity index (χ3n) is 2.29. The molecule has 0 saturated carbocycles. The fraction of sp³-hybridized carbons (Fsp3) is 0.727. The summed E-state index contributed by atoms with van der Waals surface area (Å²) in [4.78, 5) is 0. The molecular weight excluding hydrogens is 254 g/mol. The molecule has 86 valence electrons. The summed E-state index contributed by atoms with van der Waals surface area (Å²) in [5, 5.41) is 7.93. The summed E-state index contributed by atoms with van der Waals surface area (Å²) < 4.78 is 3.09. The number of aryl methyl sites for hydroxylation is 2. The highest BCUT2D eigenvalue weighted by molar-refractivity contribution is 9.10. The molecule has 0 aromatic carbocycles. The topological polar surface area (TPSA) is 29.9 Å². The van der Waals surface area contributed by atoms with Crippen molar-refractivity contribution in [3.8, 4) is 0 Å². The van der Waals surface area contributed by atoms with Gasteiger partial charge < -0.3 is 5.32 Å². The summed E-state index contributed by atoms with van der Waals surface area (Å²) in [6.45, 7) is 9.45. The molecule has 1 N–H and O–H groups in total. The Morgan fingerprint density at radius 2 is 2.00 bits per heavy atom. The average Bonchev–Trinajstić information content (AvgIpc) is 2.37. The van der Waals surface area contributed by atoms with Gasteiger partial charge in [0.2, 0.25) is 0 Å². The third-order valence-corrected chi connectivity index (χ3v) is 3.20. The van der Waals surface area contributed by atoms with Gasteiger partial charge in [-0.25, -0.2) is 0 Å². The maximum atomic E-state index is 4.46. The molecule has 15 heavy (non-hydrogen) atoms. The van der Waals surface area contributed by atoms with E-state index in [4.69, 9.17) is 0 Å². The second-order valence-electron chi connectivity index (χ2n) is 4.79. The van der Waals surface area contributed by atoms with Gasteiger partial charge >= 0.3 is 0 Å². The van der Waals surface area contributed by atoms with Crippen molar-refractivity contribution in [2.24, 2.45) is 7.05 Å². The van der Waals surface area contributed by atoms with Gasteiger partial charge in [-0.15, -0.1) is 0 Å². The lowest BCUT2D eigenvalue weighted by Gasteiger charge is -2.20. The zero-order valence-electron chi connectivity index (χ0n) is 10.2. The average molecular weight is 274 g/mol. The van der Waals surface area contributed by atoms with Gasteiger partial charge in [0.1, 0.15) is 0 Å². The summed E-state index contributed by atoms with van der Waals surface area (Å²) in [6.07, 6.45) is 0.962. The van der Waals surface area contributed by atoms with E-state index in [1.807, 2.05) is 11.7 Å². The maximum Gasteiger partial charge on any atom is 0.0767 e. The largest absolute Gasteiger partial charge is 0.306 e. The molecule has 1 aromatic heterocycles. The molecule has 1 aromatic rings. The zero-order chi connectivity index (χ0) is 11.6. The summed E-state index contributed by atoms with van der Waals surface area (Å²) in [6, 6.07) is 0. The number of hydrogen-bond acceptors (Lipinski definition) is 2. The lowest BCUT2D eigenvalue weighted by atomic mass is 10.1. The van der Waals surface area contributed by atoms with Gasteiger partial charge in [-0.1, -0.05) is 6.92 Å². The van der Waals surface area contributed by atoms with E-state index in [-0.39, 0.29) is 5.54 Å². The highest BCUT2D eigenvalue weighted by Crippen LogP contribution is 2.21. The number of nitrogens with zero attached hydrogens (tertiary/aromatic N) is 2. The molecule has 0 saturated heterocycles. The Labute approximate surface area is 100 Å². The first kappa shape index (κ1) is 12.7. The molecule has 0 aliphatic carbocycles. The Morgan fingerprint density at radius 3 is 2.40 bits per heavy atom. The molecule has 0 bridgehead atoms. The molecule has 0 amide bonds. The number of nitrogens with one attached hydrogen (secondary N) is 1. The van der Waals surface area contributed by atoms with Crippen LogP contribution in [0.3, 0.4) is 0 Å². The molecule has 4 heteroatoms. The van der Waals surface area contributed by atoms with Crippen molar-refractivity contribution in [2.45, 2.75) is 46.2 Å². The van der Waals surface area contributed by atoms with Crippen LogP contribution in [-0.4, -0.2) is 15.3 Å². The summed E-state index contributed by atoms with van der Waals surface area (Å²) in [5.74, 6) is 0. The monoisotopic (exact) mass is 273 g/mol. The minimum Gasteiger partial charge on any atom is -0.306 e. The van der Waals surface area contributed by atoms with Crippen molar-refractivity contribution < 1.29 is 0 Å². The van der Waals surface area contributed by atoms with E-state index in [0.717, 1.165) is 23.1 Å². The summed E-state index contributed by atoms with van der Waals surface area (Å²) in [5.41, 5.74) is 2.47. The zero-order valence-corrected chi connectivity index (χ0v) is 11.8. The molecule has 1 heterocycles. The van der Waals surface area contributed by atoms with Crippen molar-refractivity contribution in [1.82, 2.24) is 15.1 Å². The smallest absolute Gasteiger partial charge is 0.0767 e. The van der Waals surface area contributed by atoms with Crippen LogP contribution >= 0.6 is 15.9 Å². The van der Waals surface area contributed by atoms with Crippen molar-refractivity contribution in [1.29, 1.82) is 0 Å². The lowest BCUT2D eigenvalue weighted by molar-refractivity contribution is 0.415. The minimum absolute atomic E-state index is 0.135. The number of hydrogen-bond donors (Lipinski definition) is 1. The van der Waals surface area contributed by atoms with E-state index >= 15 is 0 Å². The van der Waals surface area contributed by atoms with Crippen LogP contribution in [0.2, 0.25) is 0 Å². The molecule has 0 unspecified atom stereocenters. The Balaban J connectivity index is 2.81. The van der Waals surface area contributed by atoms with Crippen LogP contribution in [0.15, 0.2) is 4.47 Å². The second kappa shape index (κ2) is 4.66. The quantitative estimate of drug-likeness (QED) is 0.918. The minimum atomic E-state index is 0.135. The van der Waals surface area contributed by atoms with Crippen LogP contribution in [0.4, 0.5) is 0 Å². The van der Waals surface area contributed by atoms with E-state index in [1.165, 1.54) is 5.69 Å². The van der Waals surface area contributed by atoms with Crippen LogP contribution in [0, 0.1) is 0 Å². The molecule has 0 aliphatic heterocycles. The van der Waals surface area contributed by atoms with Crippen LogP contribution in [0.5, 0.6) is 0 Å². The highest BCUT2D eigenvalue weighted by Gasteiger charge is 2.15. The van der Waals surface area contributed by atoms with Crippen LogP contribution in [0.1, 0.15) is 39.1 Å². The highest BCUT2D eigenvalue weighted by atomic mass is 79.9. The van der Waals surface area contributed by atoms with E-state index < -0.39 is 0 Å². The van der Waals surface area contributed by atoms with E-state index in [0.29, 0.717) is 0 Å². The lowest BCUT2D eigenvalue weighted by Crippen LogP contribution is -2.35. The van der Waals surface area contributed by atoms with E-state index in [9.17, 15) is 0 Å². The van der Waals surface area contributed by atoms with Gasteiger partial charge in [0.25, 0.3) is 0 Å². The first-order chi connectivity index (χ1) is 6.85. The van der Waals surface area contributed by atoms with Gasteiger partial charge in [-0.05, 0) is 43.1 Å². The van der Waals surface area contributed by atoms with Crippen LogP contribution < -0.4 is 5.32 Å². The second-order valence-corrected chi connectivity index (χ2v) is 5.58. The van der Waals surface area contributed by atoms with Crippen molar-refractivity contribution in [3.63, 3.8) is 0 Å². The molecule has 1 rings (SSSR count). The van der Waals surface area contributed by atoms with Gasteiger partial charge in [0.15, 0.2) is 0 Å². The standard InChI is InChI=1S/C11H20BrN3/c1-6-8-10(12)9(15(5)14-8)7-13-11(2,3)4/h13H,6-7H2,1-5H3. The van der Waals surface area contributed by atoms with Gasteiger partial charge in [0, 0.05) is 19.1 Å². The fourth-order valence-corrected chi connectivity index (χ4v) is 2.12. The van der Waals surface area contributed by atoms with Gasteiger partial charge in [0.05, 0.1) is 15.9 Å². The Hall–Kier alpha value is -0.350. The molecule has 0 aliphatic rings. The molecule has 3 nitrogen and oxygen atoms in total. The summed E-state index contributed by atoms with van der Waals surface area (Å²) in [7, 11) is 1.99. The molecular formula is C11H20BrN3. The van der Waals surface area contributed by atoms with Crippen molar-refractivity contribution in [3.05, 3.63) is 15.9 Å². The number of rotatable bonds is 3. The van der Waals surface area contributed by atoms with E-state index in [2.05, 4.69) is 54.0 Å². The Morgan fingerprint density at radius 1 is 1.40 bits per heavy atom. The van der Waals surface area contributed by atoms with Crippen LogP contribution in [-0.2, 0) is 20.0 Å². The number of halogens is 1. The fourth-order valence-electron chi connectivity index (χ4n) is 1.36. The van der Waals surface area contributed by atoms with Crippen LogP contribution in [0.25, 0.3) is 0 Å². The molecule has 0 atom stereocenters. The normalized spacial score (nSPS) is 12.1. The van der Waals surface area contributed by atoms with E-state index in [1.54, 1.807) is 0 Å². The maximum absolute atomic E-state index is 4.46. The SMILES string of the molecule is CCc1nn(C)c(CNC(C)(C)C)c1Br. The predicted octanol–water partition coefficient (Wildman–Crippen LogP) is 2.63. The Kier molecular flexibility index (Phi) is 3.95. The van der Waals surface area contributed by atoms with Crippen molar-refractivity contribution in [2.75, 3.05) is 0 Å². The van der Waals surface area contributed by atoms with Gasteiger partial charge in [-0.2, -0.15) is 5.10 Å².